The molecular weight excluding hydrogens is 465 g/mol. The lowest BCUT2D eigenvalue weighted by Gasteiger charge is -2.29. The van der Waals surface area contributed by atoms with Gasteiger partial charge in [0.15, 0.2) is 0 Å². The predicted molar refractivity (Wildman–Crippen MR) is 139 cm³/mol. The molecule has 1 amide bonds. The van der Waals surface area contributed by atoms with Gasteiger partial charge in [0.05, 0.1) is 5.56 Å². The van der Waals surface area contributed by atoms with Crippen LogP contribution in [0, 0.1) is 12.8 Å². The van der Waals surface area contributed by atoms with Gasteiger partial charge < -0.3 is 15.0 Å². The molecule has 1 aliphatic rings. The van der Waals surface area contributed by atoms with Crippen LogP contribution in [0.2, 0.25) is 0 Å². The first-order valence-corrected chi connectivity index (χ1v) is 12.9. The molecule has 4 nitrogen and oxygen atoms in total. The summed E-state index contributed by atoms with van der Waals surface area (Å²) in [5.41, 5.74) is 3.52. The van der Waals surface area contributed by atoms with Crippen LogP contribution in [0.15, 0.2) is 18.2 Å². The average molecular weight is 507 g/mol. The molecule has 1 aromatic heterocycles. The Kier molecular flexibility index (Phi) is 7.92. The van der Waals surface area contributed by atoms with Crippen LogP contribution in [0.4, 0.5) is 13.2 Å². The Bertz CT molecular complexity index is 1060. The third-order valence-corrected chi connectivity index (χ3v) is 7.25. The summed E-state index contributed by atoms with van der Waals surface area (Å²) in [5, 5.41) is 13.2. The van der Waals surface area contributed by atoms with E-state index in [9.17, 15) is 23.1 Å². The van der Waals surface area contributed by atoms with Gasteiger partial charge in [0.25, 0.3) is 5.91 Å². The lowest BCUT2D eigenvalue weighted by atomic mass is 9.78. The summed E-state index contributed by atoms with van der Waals surface area (Å²) in [7, 11) is 0. The fourth-order valence-electron chi connectivity index (χ4n) is 5.18. The van der Waals surface area contributed by atoms with E-state index in [1.807, 2.05) is 65.9 Å². The smallest absolute Gasteiger partial charge is 0.405 e. The van der Waals surface area contributed by atoms with E-state index in [0.717, 1.165) is 35.2 Å². The summed E-state index contributed by atoms with van der Waals surface area (Å²) in [5.74, 6) is -0.000635. The van der Waals surface area contributed by atoms with Crippen LogP contribution in [0.3, 0.4) is 0 Å². The van der Waals surface area contributed by atoms with Gasteiger partial charge in [-0.05, 0) is 60.3 Å². The molecule has 36 heavy (non-hydrogen) atoms. The van der Waals surface area contributed by atoms with Crippen molar-refractivity contribution in [3.63, 3.8) is 0 Å². The molecule has 0 atom stereocenters. The molecule has 0 radical (unpaired) electrons. The van der Waals surface area contributed by atoms with Crippen LogP contribution in [-0.4, -0.2) is 28.3 Å². The second kappa shape index (κ2) is 10.1. The highest BCUT2D eigenvalue weighted by molar-refractivity contribution is 5.97. The van der Waals surface area contributed by atoms with Gasteiger partial charge in [-0.2, -0.15) is 13.2 Å². The van der Waals surface area contributed by atoms with Crippen molar-refractivity contribution in [2.45, 2.75) is 104 Å². The Morgan fingerprint density at radius 1 is 0.972 bits per heavy atom. The lowest BCUT2D eigenvalue weighted by Crippen LogP contribution is -2.34. The topological polar surface area (TPSA) is 54.3 Å². The number of nitrogens with zero attached hydrogens (tertiary/aromatic N) is 1. The molecule has 7 heteroatoms. The quantitative estimate of drug-likeness (QED) is 0.438. The second-order valence-corrected chi connectivity index (χ2v) is 12.4. The highest BCUT2D eigenvalue weighted by Gasteiger charge is 2.31. The summed E-state index contributed by atoms with van der Waals surface area (Å²) in [6, 6.07) is 5.65. The molecule has 2 aromatic rings. The Morgan fingerprint density at radius 2 is 1.50 bits per heavy atom. The molecule has 1 saturated carbocycles. The number of nitrogens with one attached hydrogen (secondary N) is 1. The maximum atomic E-state index is 12.8. The highest BCUT2D eigenvalue weighted by Crippen LogP contribution is 2.43. The average Bonchev–Trinajstić information content (AvgIpc) is 3.07. The molecular formula is C29H41F3N2O2. The number of carbonyl (C=O) groups excluding carboxylic acids is 1. The predicted octanol–water partition coefficient (Wildman–Crippen LogP) is 7.64. The van der Waals surface area contributed by atoms with E-state index in [4.69, 9.17) is 0 Å². The normalized spacial score (nSPS) is 15.8. The van der Waals surface area contributed by atoms with E-state index in [1.165, 1.54) is 19.3 Å². The maximum absolute atomic E-state index is 12.8. The number of carbonyl (C=O) groups is 1. The van der Waals surface area contributed by atoms with Gasteiger partial charge in [0, 0.05) is 29.1 Å². The fourth-order valence-corrected chi connectivity index (χ4v) is 5.18. The molecule has 0 unspecified atom stereocenters. The van der Waals surface area contributed by atoms with Crippen LogP contribution in [0.1, 0.15) is 101 Å². The Hall–Kier alpha value is -2.44. The minimum atomic E-state index is -4.47. The van der Waals surface area contributed by atoms with E-state index in [2.05, 4.69) is 4.57 Å². The molecule has 0 spiro atoms. The number of aromatic nitrogens is 1. The summed E-state index contributed by atoms with van der Waals surface area (Å²) in [6.45, 7) is 13.4. The monoisotopic (exact) mass is 506 g/mol. The van der Waals surface area contributed by atoms with Gasteiger partial charge in [0.1, 0.15) is 12.3 Å². The lowest BCUT2D eigenvalue weighted by molar-refractivity contribution is -0.123. The number of halogens is 3. The van der Waals surface area contributed by atoms with Crippen molar-refractivity contribution < 1.29 is 23.1 Å². The third kappa shape index (κ3) is 6.46. The third-order valence-electron chi connectivity index (χ3n) is 7.25. The summed E-state index contributed by atoms with van der Waals surface area (Å²) in [4.78, 5) is 12.8. The molecule has 3 rings (SSSR count). The number of hydrogen-bond acceptors (Lipinski definition) is 2. The fraction of sp³-hybridized carbons (Fsp3) is 0.621. The molecule has 0 bridgehead atoms. The molecule has 0 aliphatic heterocycles. The number of phenolic OH excluding ortho intramolecular Hbond substituents is 1. The van der Waals surface area contributed by atoms with E-state index in [1.54, 1.807) is 6.07 Å². The Morgan fingerprint density at radius 3 is 1.97 bits per heavy atom. The van der Waals surface area contributed by atoms with Crippen LogP contribution in [0.25, 0.3) is 11.3 Å². The highest BCUT2D eigenvalue weighted by atomic mass is 19.4. The molecule has 0 saturated heterocycles. The van der Waals surface area contributed by atoms with Gasteiger partial charge in [-0.1, -0.05) is 60.8 Å². The molecule has 2 N–H and O–H groups in total. The first-order valence-electron chi connectivity index (χ1n) is 12.9. The largest absolute Gasteiger partial charge is 0.507 e. The molecule has 1 aliphatic carbocycles. The first kappa shape index (κ1) is 28.1. The number of benzene rings is 1. The minimum Gasteiger partial charge on any atom is -0.507 e. The van der Waals surface area contributed by atoms with E-state index in [0.29, 0.717) is 18.2 Å². The van der Waals surface area contributed by atoms with Crippen molar-refractivity contribution in [1.29, 1.82) is 0 Å². The molecule has 1 fully saturated rings. The SMILES string of the molecule is Cc1c(C(=O)NCC(F)(F)F)cc(-c2cc(C(C)(C)C)c(O)c(C(C)(C)C)c2)n1CC1CCCCC1. The first-order chi connectivity index (χ1) is 16.5. The zero-order chi connectivity index (χ0) is 27.1. The number of rotatable bonds is 5. The Balaban J connectivity index is 2.19. The van der Waals surface area contributed by atoms with Crippen molar-refractivity contribution in [2.24, 2.45) is 5.92 Å². The Labute approximate surface area is 213 Å². The zero-order valence-corrected chi connectivity index (χ0v) is 22.7. The second-order valence-electron chi connectivity index (χ2n) is 12.4. The number of alkyl halides is 3. The van der Waals surface area contributed by atoms with Gasteiger partial charge in [-0.25, -0.2) is 0 Å². The minimum absolute atomic E-state index is 0.257. The summed E-state index contributed by atoms with van der Waals surface area (Å²) in [6.07, 6.45) is 1.28. The number of hydrogen-bond donors (Lipinski definition) is 2. The van der Waals surface area contributed by atoms with Crippen molar-refractivity contribution in [3.8, 4) is 17.0 Å². The number of amides is 1. The van der Waals surface area contributed by atoms with Gasteiger partial charge in [-0.3, -0.25) is 4.79 Å². The van der Waals surface area contributed by atoms with Crippen LogP contribution in [-0.2, 0) is 17.4 Å². The van der Waals surface area contributed by atoms with Crippen LogP contribution < -0.4 is 5.32 Å². The standard InChI is InChI=1S/C29H41F3N2O2/c1-18-21(26(36)33-17-29(30,31)32)15-24(34(18)16-19-11-9-8-10-12-19)20-13-22(27(2,3)4)25(35)23(14-20)28(5,6)7/h13-15,19,35H,8-12,16-17H2,1-7H3,(H,33,36). The summed E-state index contributed by atoms with van der Waals surface area (Å²) >= 11 is 0. The van der Waals surface area contributed by atoms with Crippen LogP contribution in [0.5, 0.6) is 5.75 Å². The molecule has 1 aromatic carbocycles. The van der Waals surface area contributed by atoms with Crippen molar-refractivity contribution in [2.75, 3.05) is 6.54 Å². The zero-order valence-electron chi connectivity index (χ0n) is 22.7. The van der Waals surface area contributed by atoms with E-state index in [-0.39, 0.29) is 22.1 Å². The number of aromatic hydroxyl groups is 1. The summed E-state index contributed by atoms with van der Waals surface area (Å²) < 4.78 is 40.5. The van der Waals surface area contributed by atoms with E-state index >= 15 is 0 Å². The van der Waals surface area contributed by atoms with E-state index < -0.39 is 18.6 Å². The van der Waals surface area contributed by atoms with Crippen molar-refractivity contribution in [3.05, 3.63) is 40.6 Å². The van der Waals surface area contributed by atoms with Crippen molar-refractivity contribution >= 4 is 5.91 Å². The number of phenols is 1. The maximum Gasteiger partial charge on any atom is 0.405 e. The molecule has 200 valence electrons. The van der Waals surface area contributed by atoms with Crippen LogP contribution >= 0.6 is 0 Å². The van der Waals surface area contributed by atoms with Gasteiger partial charge in [-0.15, -0.1) is 0 Å². The van der Waals surface area contributed by atoms with Crippen molar-refractivity contribution in [1.82, 2.24) is 9.88 Å². The molecule has 1 heterocycles. The van der Waals surface area contributed by atoms with Gasteiger partial charge >= 0.3 is 6.18 Å². The van der Waals surface area contributed by atoms with Gasteiger partial charge in [0.2, 0.25) is 0 Å².